The van der Waals surface area contributed by atoms with Gasteiger partial charge in [0.2, 0.25) is 11.5 Å². The molecule has 1 aliphatic rings. The maximum atomic E-state index is 10.3. The predicted molar refractivity (Wildman–Crippen MR) is 90.3 cm³/mol. The molecule has 9 heteroatoms. The molecule has 0 spiro atoms. The number of benzene rings is 1. The average molecular weight is 357 g/mol. The second-order valence-corrected chi connectivity index (χ2v) is 7.38. The van der Waals surface area contributed by atoms with E-state index < -0.39 is 22.3 Å². The van der Waals surface area contributed by atoms with Crippen molar-refractivity contribution in [2.45, 2.75) is 6.42 Å². The van der Waals surface area contributed by atoms with Gasteiger partial charge in [-0.15, -0.1) is 10.8 Å². The van der Waals surface area contributed by atoms with Gasteiger partial charge in [-0.2, -0.15) is 0 Å². The Hall–Kier alpha value is -2.23. The molecule has 0 bridgehead atoms. The Labute approximate surface area is 140 Å². The van der Waals surface area contributed by atoms with Gasteiger partial charge in [-0.25, -0.2) is 4.31 Å². The summed E-state index contributed by atoms with van der Waals surface area (Å²) in [6.07, 6.45) is 0.543. The van der Waals surface area contributed by atoms with Crippen LogP contribution in [0, 0.1) is 0 Å². The van der Waals surface area contributed by atoms with Crippen molar-refractivity contribution >= 4 is 16.7 Å². The van der Waals surface area contributed by atoms with Crippen LogP contribution in [-0.4, -0.2) is 45.8 Å². The summed E-state index contributed by atoms with van der Waals surface area (Å²) in [5.74, 6) is -0.326. The van der Waals surface area contributed by atoms with Crippen molar-refractivity contribution in [3.63, 3.8) is 0 Å². The lowest BCUT2D eigenvalue weighted by atomic mass is 10.1. The summed E-state index contributed by atoms with van der Waals surface area (Å²) in [6, 6.07) is 4.99. The fourth-order valence-electron chi connectivity index (χ4n) is 2.71. The number of furan rings is 1. The molecule has 2 aromatic rings. The van der Waals surface area contributed by atoms with Crippen LogP contribution >= 0.6 is 10.8 Å². The molecule has 1 aromatic heterocycles. The van der Waals surface area contributed by atoms with Crippen LogP contribution in [0.3, 0.4) is 0 Å². The third-order valence-electron chi connectivity index (χ3n) is 3.85. The quantitative estimate of drug-likeness (QED) is 0.659. The third kappa shape index (κ3) is 2.50. The van der Waals surface area contributed by atoms with Crippen molar-refractivity contribution in [1.29, 1.82) is 0 Å². The van der Waals surface area contributed by atoms with Gasteiger partial charge in [-0.1, -0.05) is 6.07 Å². The normalized spacial score (nSPS) is 17.8. The molecular formula is C15H19NO7S. The van der Waals surface area contributed by atoms with Gasteiger partial charge in [0.25, 0.3) is 5.88 Å². The van der Waals surface area contributed by atoms with E-state index in [0.29, 0.717) is 30.0 Å². The summed E-state index contributed by atoms with van der Waals surface area (Å²) < 4.78 is 37.4. The molecule has 1 aromatic carbocycles. The molecule has 0 atom stereocenters. The van der Waals surface area contributed by atoms with Crippen molar-refractivity contribution < 1.29 is 33.2 Å². The summed E-state index contributed by atoms with van der Waals surface area (Å²) >= 11 is 0. The minimum Gasteiger partial charge on any atom is -0.502 e. The number of aromatic hydroxyl groups is 2. The Morgan fingerprint density at radius 3 is 2.46 bits per heavy atom. The Kier molecular flexibility index (Phi) is 4.16. The number of nitrogens with zero attached hydrogens (tertiary/aromatic N) is 1. The highest BCUT2D eigenvalue weighted by atomic mass is 32.3. The van der Waals surface area contributed by atoms with E-state index in [2.05, 4.69) is 0 Å². The van der Waals surface area contributed by atoms with Crippen molar-refractivity contribution in [2.75, 3.05) is 30.8 Å². The van der Waals surface area contributed by atoms with E-state index in [0.717, 1.165) is 0 Å². The fraction of sp³-hybridized carbons (Fsp3) is 0.333. The van der Waals surface area contributed by atoms with Crippen LogP contribution in [0.1, 0.15) is 6.42 Å². The van der Waals surface area contributed by atoms with Crippen molar-refractivity contribution in [3.8, 4) is 34.3 Å². The standard InChI is InChI=1S/C15H19NO7S/c1-21-10-6-3-5-9(13(10)22-2)14-11(17)12(18)15(23-14)16-7-4-8-24(16,19)20/h3,5-6,17-20H,4,7-8H2,1-2H3. The van der Waals surface area contributed by atoms with Crippen LogP contribution in [0.2, 0.25) is 0 Å². The molecule has 0 saturated carbocycles. The molecule has 0 radical (unpaired) electrons. The maximum Gasteiger partial charge on any atom is 0.261 e. The molecule has 4 N–H and O–H groups in total. The summed E-state index contributed by atoms with van der Waals surface area (Å²) in [6.45, 7) is 0.303. The largest absolute Gasteiger partial charge is 0.502 e. The fourth-order valence-corrected chi connectivity index (χ4v) is 4.26. The first-order chi connectivity index (χ1) is 11.4. The van der Waals surface area contributed by atoms with Crippen molar-refractivity contribution in [1.82, 2.24) is 0 Å². The predicted octanol–water partition coefficient (Wildman–Crippen LogP) is 3.25. The first kappa shape index (κ1) is 16.6. The topological polar surface area (TPSA) is 116 Å². The third-order valence-corrected chi connectivity index (χ3v) is 5.74. The highest BCUT2D eigenvalue weighted by Gasteiger charge is 2.36. The average Bonchev–Trinajstić information content (AvgIpc) is 3.06. The Morgan fingerprint density at radius 1 is 1.12 bits per heavy atom. The lowest BCUT2D eigenvalue weighted by Crippen LogP contribution is -2.21. The van der Waals surface area contributed by atoms with Gasteiger partial charge in [0.05, 0.1) is 25.5 Å². The highest BCUT2D eigenvalue weighted by molar-refractivity contribution is 8.25. The minimum atomic E-state index is -3.06. The lowest BCUT2D eigenvalue weighted by Gasteiger charge is -2.35. The monoisotopic (exact) mass is 357 g/mol. The summed E-state index contributed by atoms with van der Waals surface area (Å²) in [7, 11) is -0.142. The van der Waals surface area contributed by atoms with Gasteiger partial charge in [0, 0.05) is 6.54 Å². The van der Waals surface area contributed by atoms with E-state index >= 15 is 0 Å². The Bertz CT molecular complexity index is 759. The summed E-state index contributed by atoms with van der Waals surface area (Å²) in [5, 5.41) is 20.5. The highest BCUT2D eigenvalue weighted by Crippen LogP contribution is 2.58. The molecule has 0 unspecified atom stereocenters. The Balaban J connectivity index is 2.13. The van der Waals surface area contributed by atoms with Gasteiger partial charge < -0.3 is 24.1 Å². The number of ether oxygens (including phenoxy) is 2. The zero-order chi connectivity index (χ0) is 17.5. The van der Waals surface area contributed by atoms with Crippen LogP contribution in [0.25, 0.3) is 11.3 Å². The number of rotatable bonds is 4. The van der Waals surface area contributed by atoms with E-state index in [4.69, 9.17) is 13.9 Å². The van der Waals surface area contributed by atoms with Gasteiger partial charge >= 0.3 is 0 Å². The first-order valence-corrected chi connectivity index (χ1v) is 8.87. The zero-order valence-electron chi connectivity index (χ0n) is 13.2. The van der Waals surface area contributed by atoms with Crippen LogP contribution in [-0.2, 0) is 0 Å². The van der Waals surface area contributed by atoms with Gasteiger partial charge in [-0.3, -0.25) is 9.11 Å². The molecule has 132 valence electrons. The molecule has 8 nitrogen and oxygen atoms in total. The minimum absolute atomic E-state index is 0.0413. The molecule has 1 saturated heterocycles. The molecule has 1 fully saturated rings. The van der Waals surface area contributed by atoms with E-state index in [1.807, 2.05) is 0 Å². The lowest BCUT2D eigenvalue weighted by molar-refractivity contribution is 0.355. The van der Waals surface area contributed by atoms with Crippen molar-refractivity contribution in [3.05, 3.63) is 18.2 Å². The van der Waals surface area contributed by atoms with Gasteiger partial charge in [0.1, 0.15) is 0 Å². The van der Waals surface area contributed by atoms with E-state index in [-0.39, 0.29) is 17.4 Å². The number of hydrogen-bond donors (Lipinski definition) is 4. The van der Waals surface area contributed by atoms with Crippen LogP contribution in [0.4, 0.5) is 5.88 Å². The molecule has 0 amide bonds. The molecule has 2 heterocycles. The molecular weight excluding hydrogens is 338 g/mol. The van der Waals surface area contributed by atoms with Gasteiger partial charge in [-0.05, 0) is 18.6 Å². The smallest absolute Gasteiger partial charge is 0.261 e. The number of hydrogen-bond acceptors (Lipinski definition) is 8. The van der Waals surface area contributed by atoms with Crippen LogP contribution < -0.4 is 13.8 Å². The molecule has 24 heavy (non-hydrogen) atoms. The zero-order valence-corrected chi connectivity index (χ0v) is 14.0. The maximum absolute atomic E-state index is 10.3. The van der Waals surface area contributed by atoms with Crippen LogP contribution in [0.15, 0.2) is 22.6 Å². The van der Waals surface area contributed by atoms with E-state index in [1.165, 1.54) is 18.5 Å². The van der Waals surface area contributed by atoms with E-state index in [1.54, 1.807) is 18.2 Å². The second-order valence-electron chi connectivity index (χ2n) is 5.27. The summed E-state index contributed by atoms with van der Waals surface area (Å²) in [4.78, 5) is 0. The summed E-state index contributed by atoms with van der Waals surface area (Å²) in [5.41, 5.74) is 0.367. The number of anilines is 1. The van der Waals surface area contributed by atoms with Crippen LogP contribution in [0.5, 0.6) is 23.0 Å². The second kappa shape index (κ2) is 6.00. The molecule has 0 aliphatic carbocycles. The SMILES string of the molecule is COc1cccc(-c2oc(N3CCCS3(O)O)c(O)c2O)c1OC. The van der Waals surface area contributed by atoms with E-state index in [9.17, 15) is 19.3 Å². The first-order valence-electron chi connectivity index (χ1n) is 7.20. The van der Waals surface area contributed by atoms with Gasteiger partial charge in [0.15, 0.2) is 17.3 Å². The number of methoxy groups -OCH3 is 2. The Morgan fingerprint density at radius 2 is 1.88 bits per heavy atom. The molecule has 3 rings (SSSR count). The molecule has 1 aliphatic heterocycles. The van der Waals surface area contributed by atoms with Crippen molar-refractivity contribution in [2.24, 2.45) is 0 Å². The number of para-hydroxylation sites is 1.